The lowest BCUT2D eigenvalue weighted by atomic mass is 10.0. The van der Waals surface area contributed by atoms with Crippen molar-refractivity contribution in [2.45, 2.75) is 24.4 Å². The van der Waals surface area contributed by atoms with Gasteiger partial charge in [0, 0.05) is 0 Å². The molecule has 0 rings (SSSR count). The number of Topliss-reactive ketones (excluding diaryl/α,β-unsaturated/α-hetero) is 1. The Bertz CT molecular complexity index is 243. The first-order chi connectivity index (χ1) is 6.82. The van der Waals surface area contributed by atoms with E-state index < -0.39 is 41.8 Å². The minimum Gasteiger partial charge on any atom is -0.394 e. The summed E-state index contributed by atoms with van der Waals surface area (Å²) in [5, 5.41) is 44.4. The van der Waals surface area contributed by atoms with Gasteiger partial charge >= 0.3 is 0 Å². The van der Waals surface area contributed by atoms with Crippen molar-refractivity contribution in [3.05, 3.63) is 11.6 Å². The molecule has 0 aromatic heterocycles. The van der Waals surface area contributed by atoms with Crippen LogP contribution in [-0.4, -0.2) is 62.3 Å². The van der Waals surface area contributed by atoms with Crippen LogP contribution in [0.15, 0.2) is 11.6 Å². The molecule has 0 aromatic rings. The van der Waals surface area contributed by atoms with Crippen molar-refractivity contribution in [3.8, 4) is 0 Å². The first-order valence-corrected chi connectivity index (χ1v) is 4.42. The van der Waals surface area contributed by atoms with E-state index in [9.17, 15) is 15.0 Å². The Morgan fingerprint density at radius 2 is 1.67 bits per heavy atom. The molecule has 0 aliphatic rings. The SMILES string of the molecule is C=C(Cl)C(=O)[C@H](O)[C@@H](O)[C@H](O)[C@H](O)CO. The van der Waals surface area contributed by atoms with Crippen LogP contribution < -0.4 is 0 Å². The molecular formula is C8H13ClO6. The summed E-state index contributed by atoms with van der Waals surface area (Å²) < 4.78 is 0. The Morgan fingerprint density at radius 3 is 2.00 bits per heavy atom. The Kier molecular flexibility index (Phi) is 5.96. The second-order valence-corrected chi connectivity index (χ2v) is 3.40. The predicted molar refractivity (Wildman–Crippen MR) is 51.1 cm³/mol. The second kappa shape index (κ2) is 6.16. The highest BCUT2D eigenvalue weighted by molar-refractivity contribution is 6.42. The van der Waals surface area contributed by atoms with Gasteiger partial charge in [-0.1, -0.05) is 18.2 Å². The summed E-state index contributed by atoms with van der Waals surface area (Å²) in [6.45, 7) is 2.22. The lowest BCUT2D eigenvalue weighted by Crippen LogP contribution is -2.48. The molecule has 7 heteroatoms. The van der Waals surface area contributed by atoms with Crippen molar-refractivity contribution >= 4 is 17.4 Å². The zero-order chi connectivity index (χ0) is 12.2. The fourth-order valence-electron chi connectivity index (χ4n) is 0.838. The first kappa shape index (κ1) is 14.5. The molecule has 0 spiro atoms. The third-order valence-electron chi connectivity index (χ3n) is 1.79. The summed E-state index contributed by atoms with van der Waals surface area (Å²) in [6, 6.07) is 0. The number of carbonyl (C=O) groups excluding carboxylic acids is 1. The molecule has 0 bridgehead atoms. The third-order valence-corrected chi connectivity index (χ3v) is 1.98. The van der Waals surface area contributed by atoms with Crippen LogP contribution in [0.4, 0.5) is 0 Å². The smallest absolute Gasteiger partial charge is 0.204 e. The van der Waals surface area contributed by atoms with Crippen LogP contribution in [0.3, 0.4) is 0 Å². The van der Waals surface area contributed by atoms with Gasteiger partial charge in [-0.2, -0.15) is 0 Å². The largest absolute Gasteiger partial charge is 0.394 e. The fraction of sp³-hybridized carbons (Fsp3) is 0.625. The van der Waals surface area contributed by atoms with Crippen LogP contribution in [0.25, 0.3) is 0 Å². The number of ketones is 1. The van der Waals surface area contributed by atoms with E-state index in [-0.39, 0.29) is 0 Å². The van der Waals surface area contributed by atoms with Crippen LogP contribution in [0.2, 0.25) is 0 Å². The molecule has 0 unspecified atom stereocenters. The minimum absolute atomic E-state index is 0.507. The highest BCUT2D eigenvalue weighted by Gasteiger charge is 2.34. The predicted octanol–water partition coefficient (Wildman–Crippen LogP) is -2.26. The lowest BCUT2D eigenvalue weighted by molar-refractivity contribution is -0.143. The van der Waals surface area contributed by atoms with E-state index in [1.54, 1.807) is 0 Å². The van der Waals surface area contributed by atoms with Gasteiger partial charge in [0.1, 0.15) is 24.4 Å². The average molecular weight is 241 g/mol. The van der Waals surface area contributed by atoms with Crippen LogP contribution in [0.1, 0.15) is 0 Å². The van der Waals surface area contributed by atoms with Crippen molar-refractivity contribution in [1.82, 2.24) is 0 Å². The number of carbonyl (C=O) groups is 1. The number of rotatable bonds is 6. The summed E-state index contributed by atoms with van der Waals surface area (Å²) in [4.78, 5) is 11.0. The molecule has 4 atom stereocenters. The topological polar surface area (TPSA) is 118 Å². The van der Waals surface area contributed by atoms with Crippen molar-refractivity contribution < 1.29 is 30.3 Å². The molecule has 5 N–H and O–H groups in total. The van der Waals surface area contributed by atoms with Gasteiger partial charge in [0.2, 0.25) is 5.78 Å². The fourth-order valence-corrected chi connectivity index (χ4v) is 0.950. The van der Waals surface area contributed by atoms with E-state index in [0.29, 0.717) is 0 Å². The average Bonchev–Trinajstić information content (AvgIpc) is 2.23. The molecule has 0 amide bonds. The highest BCUT2D eigenvalue weighted by atomic mass is 35.5. The van der Waals surface area contributed by atoms with Gasteiger partial charge in [-0.25, -0.2) is 0 Å². The molecule has 0 fully saturated rings. The van der Waals surface area contributed by atoms with Gasteiger partial charge in [0.05, 0.1) is 11.6 Å². The number of hydrogen-bond donors (Lipinski definition) is 5. The Hall–Kier alpha value is -0.500. The van der Waals surface area contributed by atoms with E-state index in [1.807, 2.05) is 0 Å². The van der Waals surface area contributed by atoms with E-state index in [2.05, 4.69) is 6.58 Å². The first-order valence-electron chi connectivity index (χ1n) is 4.04. The van der Waals surface area contributed by atoms with Crippen molar-refractivity contribution in [3.63, 3.8) is 0 Å². The maximum absolute atomic E-state index is 11.0. The highest BCUT2D eigenvalue weighted by Crippen LogP contribution is 2.11. The van der Waals surface area contributed by atoms with E-state index in [1.165, 1.54) is 0 Å². The van der Waals surface area contributed by atoms with E-state index in [4.69, 9.17) is 26.9 Å². The summed E-state index contributed by atoms with van der Waals surface area (Å²) in [5.74, 6) is -1.06. The summed E-state index contributed by atoms with van der Waals surface area (Å²) in [6.07, 6.45) is -7.46. The van der Waals surface area contributed by atoms with Crippen LogP contribution in [0, 0.1) is 0 Å². The molecule has 88 valence electrons. The normalized spacial score (nSPS) is 19.1. The number of aliphatic hydroxyl groups is 5. The number of hydrogen-bond acceptors (Lipinski definition) is 6. The minimum atomic E-state index is -1.99. The maximum atomic E-state index is 11.0. The lowest BCUT2D eigenvalue weighted by Gasteiger charge is -2.24. The third kappa shape index (κ3) is 3.86. The number of halogens is 1. The molecule has 0 aromatic carbocycles. The van der Waals surface area contributed by atoms with Crippen molar-refractivity contribution in [2.24, 2.45) is 0 Å². The van der Waals surface area contributed by atoms with Gasteiger partial charge in [-0.3, -0.25) is 4.79 Å². The molecule has 15 heavy (non-hydrogen) atoms. The van der Waals surface area contributed by atoms with Gasteiger partial charge < -0.3 is 25.5 Å². The quantitative estimate of drug-likeness (QED) is 0.335. The Morgan fingerprint density at radius 1 is 1.20 bits per heavy atom. The van der Waals surface area contributed by atoms with Gasteiger partial charge in [-0.15, -0.1) is 0 Å². The number of aliphatic hydroxyl groups excluding tert-OH is 5. The zero-order valence-electron chi connectivity index (χ0n) is 7.75. The zero-order valence-corrected chi connectivity index (χ0v) is 8.50. The van der Waals surface area contributed by atoms with Gasteiger partial charge in [0.25, 0.3) is 0 Å². The van der Waals surface area contributed by atoms with E-state index >= 15 is 0 Å². The summed E-state index contributed by atoms with van der Waals surface area (Å²) in [7, 11) is 0. The molecule has 0 radical (unpaired) electrons. The molecule has 0 saturated carbocycles. The molecule has 0 aliphatic carbocycles. The second-order valence-electron chi connectivity index (χ2n) is 2.95. The summed E-state index contributed by atoms with van der Waals surface area (Å²) >= 11 is 5.18. The Balaban J connectivity index is 4.50. The van der Waals surface area contributed by atoms with Crippen molar-refractivity contribution in [1.29, 1.82) is 0 Å². The van der Waals surface area contributed by atoms with Crippen molar-refractivity contribution in [2.75, 3.05) is 6.61 Å². The van der Waals surface area contributed by atoms with Gasteiger partial charge in [0.15, 0.2) is 0 Å². The molecule has 0 heterocycles. The van der Waals surface area contributed by atoms with E-state index in [0.717, 1.165) is 0 Å². The molecular weight excluding hydrogens is 228 g/mol. The van der Waals surface area contributed by atoms with Crippen LogP contribution in [0.5, 0.6) is 0 Å². The summed E-state index contributed by atoms with van der Waals surface area (Å²) in [5.41, 5.74) is 0. The Labute approximate surface area is 91.0 Å². The monoisotopic (exact) mass is 240 g/mol. The molecule has 6 nitrogen and oxygen atoms in total. The standard InChI is InChI=1S/C8H13ClO6/c1-3(9)5(12)7(14)8(15)6(13)4(11)2-10/h4,6-8,10-11,13-15H,1-2H2/t4-,6-,7+,8+/m1/s1. The molecule has 0 saturated heterocycles. The van der Waals surface area contributed by atoms with Crippen LogP contribution in [-0.2, 0) is 4.79 Å². The maximum Gasteiger partial charge on any atom is 0.204 e. The van der Waals surface area contributed by atoms with Gasteiger partial charge in [-0.05, 0) is 0 Å². The molecule has 0 aliphatic heterocycles. The van der Waals surface area contributed by atoms with Crippen LogP contribution >= 0.6 is 11.6 Å².